The number of para-hydroxylation sites is 2. The minimum absolute atomic E-state index is 0.909. The molecule has 0 unspecified atom stereocenters. The van der Waals surface area contributed by atoms with Gasteiger partial charge in [0.1, 0.15) is 11.5 Å². The number of hydrogen-bond donors (Lipinski definition) is 0. The van der Waals surface area contributed by atoms with E-state index in [2.05, 4.69) is 169 Å². The summed E-state index contributed by atoms with van der Waals surface area (Å²) < 4.78 is 6.51. The lowest BCUT2D eigenvalue weighted by atomic mass is 10.0. The smallest absolute Gasteiger partial charge is 0.149 e. The van der Waals surface area contributed by atoms with E-state index in [1.807, 2.05) is 23.9 Å². The molecule has 2 aliphatic rings. The van der Waals surface area contributed by atoms with E-state index in [1.54, 1.807) is 11.8 Å². The van der Waals surface area contributed by atoms with E-state index in [-0.39, 0.29) is 0 Å². The molecule has 0 saturated carbocycles. The zero-order valence-corrected chi connectivity index (χ0v) is 29.6. The second-order valence-electron chi connectivity index (χ2n) is 12.6. The molecule has 0 radical (unpaired) electrons. The van der Waals surface area contributed by atoms with Crippen molar-refractivity contribution in [2.24, 2.45) is 0 Å². The van der Waals surface area contributed by atoms with Gasteiger partial charge in [-0.15, -0.1) is 0 Å². The number of fused-ring (bicyclic) bond motifs is 4. The van der Waals surface area contributed by atoms with Crippen LogP contribution in [0.4, 0.5) is 17.1 Å². The minimum Gasteiger partial charge on any atom is -0.454 e. The zero-order valence-electron chi connectivity index (χ0n) is 27.2. The van der Waals surface area contributed by atoms with E-state index in [4.69, 9.17) is 4.74 Å². The van der Waals surface area contributed by atoms with E-state index in [9.17, 15) is 0 Å². The Labute approximate surface area is 298 Å². The lowest BCUT2D eigenvalue weighted by molar-refractivity contribution is 0.456. The van der Waals surface area contributed by atoms with Crippen molar-refractivity contribution in [3.63, 3.8) is 0 Å². The molecule has 0 spiro atoms. The van der Waals surface area contributed by atoms with Crippen molar-refractivity contribution in [2.45, 2.75) is 29.4 Å². The van der Waals surface area contributed by atoms with Crippen molar-refractivity contribution >= 4 is 50.6 Å². The van der Waals surface area contributed by atoms with Crippen LogP contribution in [-0.4, -0.2) is 12.5 Å². The van der Waals surface area contributed by atoms with Crippen LogP contribution in [0.3, 0.4) is 0 Å². The van der Waals surface area contributed by atoms with Gasteiger partial charge in [-0.1, -0.05) is 121 Å². The van der Waals surface area contributed by atoms with Gasteiger partial charge in [-0.25, -0.2) is 0 Å². The Morgan fingerprint density at radius 1 is 0.469 bits per heavy atom. The van der Waals surface area contributed by atoms with Crippen LogP contribution in [0.5, 0.6) is 11.5 Å². The van der Waals surface area contributed by atoms with Gasteiger partial charge in [0.2, 0.25) is 0 Å². The number of ether oxygens (including phenoxy) is 1. The summed E-state index contributed by atoms with van der Waals surface area (Å²) in [7, 11) is -1.20. The normalized spacial score (nSPS) is 14.3. The standard InChI is InChI=1S/C44H33NOS3/c1-49(2)41-20-9-8-18-39(41)48-44-36(15-11-21-42(44)49)45(33-26-22-31(23-27-33)30-12-4-3-5-13-30)34-28-24-32(25-29-34)35-14-10-19-40-43(35)46-37-16-6-7-17-38(37)47-40/h3-29H,1-2H3. The lowest BCUT2D eigenvalue weighted by Crippen LogP contribution is -2.14. The molecule has 2 heterocycles. The van der Waals surface area contributed by atoms with Crippen LogP contribution in [0.15, 0.2) is 193 Å². The molecule has 2 aliphatic heterocycles. The average Bonchev–Trinajstić information content (AvgIpc) is 3.15. The van der Waals surface area contributed by atoms with E-state index >= 15 is 0 Å². The largest absolute Gasteiger partial charge is 0.454 e. The molecule has 2 nitrogen and oxygen atoms in total. The van der Waals surface area contributed by atoms with Gasteiger partial charge in [-0.05, 0) is 95.9 Å². The van der Waals surface area contributed by atoms with Crippen LogP contribution in [0.1, 0.15) is 0 Å². The third kappa shape index (κ3) is 5.34. The average molecular weight is 688 g/mol. The number of benzene rings is 7. The van der Waals surface area contributed by atoms with Gasteiger partial charge < -0.3 is 9.64 Å². The molecule has 0 amide bonds. The van der Waals surface area contributed by atoms with Gasteiger partial charge in [0.25, 0.3) is 0 Å². The molecule has 7 aromatic carbocycles. The number of rotatable bonds is 5. The second kappa shape index (κ2) is 12.3. The van der Waals surface area contributed by atoms with E-state index in [1.165, 1.54) is 36.4 Å². The first kappa shape index (κ1) is 30.3. The summed E-state index contributed by atoms with van der Waals surface area (Å²) >= 11 is 3.67. The molecule has 0 atom stereocenters. The SMILES string of the molecule is CS1(C)c2ccccc2Sc2c(N(c3ccc(-c4ccccc4)cc3)c3ccc(-c4cccc5c4Oc4ccccc4S5)cc3)cccc21. The van der Waals surface area contributed by atoms with Crippen molar-refractivity contribution in [2.75, 3.05) is 17.4 Å². The number of hydrogen-bond acceptors (Lipinski definition) is 4. The van der Waals surface area contributed by atoms with Gasteiger partial charge in [0, 0.05) is 36.5 Å². The van der Waals surface area contributed by atoms with Crippen LogP contribution in [0.25, 0.3) is 22.3 Å². The predicted molar refractivity (Wildman–Crippen MR) is 209 cm³/mol. The molecule has 0 N–H and O–H groups in total. The fourth-order valence-corrected chi connectivity index (χ4v) is 12.5. The molecular formula is C44H33NOS3. The first-order valence-corrected chi connectivity index (χ1v) is 20.4. The quantitative estimate of drug-likeness (QED) is 0.178. The fourth-order valence-electron chi connectivity index (χ4n) is 6.80. The van der Waals surface area contributed by atoms with Crippen molar-refractivity contribution in [1.82, 2.24) is 0 Å². The maximum absolute atomic E-state index is 6.51. The highest BCUT2D eigenvalue weighted by molar-refractivity contribution is 8.33. The predicted octanol–water partition coefficient (Wildman–Crippen LogP) is 13.7. The highest BCUT2D eigenvalue weighted by Crippen LogP contribution is 2.67. The van der Waals surface area contributed by atoms with E-state index < -0.39 is 10.0 Å². The monoisotopic (exact) mass is 687 g/mol. The summed E-state index contributed by atoms with van der Waals surface area (Å²) in [5, 5.41) is 0. The van der Waals surface area contributed by atoms with Crippen molar-refractivity contribution in [3.05, 3.63) is 164 Å². The van der Waals surface area contributed by atoms with Crippen molar-refractivity contribution in [1.29, 1.82) is 0 Å². The Bertz CT molecular complexity index is 2330. The van der Waals surface area contributed by atoms with Gasteiger partial charge >= 0.3 is 0 Å². The highest BCUT2D eigenvalue weighted by atomic mass is 32.3. The molecule has 9 rings (SSSR count). The minimum atomic E-state index is -1.20. The summed E-state index contributed by atoms with van der Waals surface area (Å²) in [5.74, 6) is 1.83. The molecular weight excluding hydrogens is 655 g/mol. The Kier molecular flexibility index (Phi) is 7.57. The van der Waals surface area contributed by atoms with Crippen LogP contribution >= 0.6 is 33.6 Å². The maximum atomic E-state index is 6.51. The summed E-state index contributed by atoms with van der Waals surface area (Å²) in [4.78, 5) is 10.3. The first-order valence-electron chi connectivity index (χ1n) is 16.3. The second-order valence-corrected chi connectivity index (χ2v) is 18.2. The topological polar surface area (TPSA) is 12.5 Å². The molecule has 0 saturated heterocycles. The number of anilines is 3. The third-order valence-electron chi connectivity index (χ3n) is 9.29. The van der Waals surface area contributed by atoms with Crippen molar-refractivity contribution in [3.8, 4) is 33.8 Å². The van der Waals surface area contributed by atoms with Crippen LogP contribution < -0.4 is 9.64 Å². The van der Waals surface area contributed by atoms with Crippen LogP contribution in [0, 0.1) is 0 Å². The van der Waals surface area contributed by atoms with E-state index in [0.717, 1.165) is 43.8 Å². The Morgan fingerprint density at radius 2 is 1.06 bits per heavy atom. The van der Waals surface area contributed by atoms with Gasteiger partial charge in [0.15, 0.2) is 0 Å². The Morgan fingerprint density at radius 3 is 1.84 bits per heavy atom. The van der Waals surface area contributed by atoms with Gasteiger partial charge in [0.05, 0.1) is 15.5 Å². The molecule has 0 aromatic heterocycles. The lowest BCUT2D eigenvalue weighted by Gasteiger charge is -2.41. The summed E-state index contributed by atoms with van der Waals surface area (Å²) in [6.45, 7) is 0. The molecule has 0 fully saturated rings. The van der Waals surface area contributed by atoms with Gasteiger partial charge in [-0.3, -0.25) is 0 Å². The highest BCUT2D eigenvalue weighted by Gasteiger charge is 2.32. The number of nitrogens with zero attached hydrogens (tertiary/aromatic N) is 1. The molecule has 0 aliphatic carbocycles. The molecule has 49 heavy (non-hydrogen) atoms. The molecule has 238 valence electrons. The zero-order chi connectivity index (χ0) is 33.0. The molecule has 0 bridgehead atoms. The van der Waals surface area contributed by atoms with Crippen molar-refractivity contribution < 1.29 is 4.74 Å². The Hall–Kier alpha value is -4.81. The first-order chi connectivity index (χ1) is 24.0. The maximum Gasteiger partial charge on any atom is 0.149 e. The third-order valence-corrected chi connectivity index (χ3v) is 14.8. The summed E-state index contributed by atoms with van der Waals surface area (Å²) in [5.41, 5.74) is 8.09. The van der Waals surface area contributed by atoms with Gasteiger partial charge in [-0.2, -0.15) is 10.0 Å². The Balaban J connectivity index is 1.15. The van der Waals surface area contributed by atoms with E-state index in [0.29, 0.717) is 0 Å². The van der Waals surface area contributed by atoms with Crippen LogP contribution in [0.2, 0.25) is 0 Å². The van der Waals surface area contributed by atoms with Crippen LogP contribution in [-0.2, 0) is 0 Å². The fraction of sp³-hybridized carbons (Fsp3) is 0.0455. The molecule has 5 heteroatoms. The summed E-state index contributed by atoms with van der Waals surface area (Å²) in [6, 6.07) is 59.0. The molecule has 7 aromatic rings. The summed E-state index contributed by atoms with van der Waals surface area (Å²) in [6.07, 6.45) is 4.86.